The molecule has 98 valence electrons. The predicted octanol–water partition coefficient (Wildman–Crippen LogP) is 4.66. The number of hydrogen-bond donors (Lipinski definition) is 0. The monoisotopic (exact) mass is 265 g/mol. The minimum Gasteiger partial charge on any atom is -0.258 e. The molecule has 0 radical (unpaired) electrons. The van der Waals surface area contributed by atoms with Crippen molar-refractivity contribution >= 4 is 17.4 Å². The molecule has 1 aliphatic carbocycles. The topological polar surface area (TPSA) is 43.1 Å². The van der Waals surface area contributed by atoms with Crippen molar-refractivity contribution in [3.63, 3.8) is 0 Å². The molecule has 0 aliphatic heterocycles. The number of nitro groups is 1. The summed E-state index contributed by atoms with van der Waals surface area (Å²) in [5.41, 5.74) is 0.170. The van der Waals surface area contributed by atoms with E-state index in [9.17, 15) is 10.1 Å². The summed E-state index contributed by atoms with van der Waals surface area (Å²) in [6, 6.07) is 6.84. The van der Waals surface area contributed by atoms with Gasteiger partial charge in [-0.25, -0.2) is 0 Å². The summed E-state index contributed by atoms with van der Waals surface area (Å²) >= 11 is 1.79. The summed E-state index contributed by atoms with van der Waals surface area (Å²) in [5, 5.41) is 10.5. The maximum Gasteiger partial charge on any atom is 0.269 e. The highest BCUT2D eigenvalue weighted by Crippen LogP contribution is 2.34. The lowest BCUT2D eigenvalue weighted by Crippen LogP contribution is -1.87. The van der Waals surface area contributed by atoms with Crippen LogP contribution in [-0.4, -0.2) is 10.7 Å². The van der Waals surface area contributed by atoms with E-state index in [1.54, 1.807) is 23.9 Å². The molecule has 18 heavy (non-hydrogen) atoms. The Labute approximate surface area is 112 Å². The molecule has 4 heteroatoms. The van der Waals surface area contributed by atoms with Crippen molar-refractivity contribution in [1.82, 2.24) is 0 Å². The summed E-state index contributed by atoms with van der Waals surface area (Å²) in [6.07, 6.45) is 8.26. The van der Waals surface area contributed by atoms with Gasteiger partial charge in [0.05, 0.1) is 4.92 Å². The van der Waals surface area contributed by atoms with Crippen LogP contribution < -0.4 is 0 Å². The van der Waals surface area contributed by atoms with E-state index in [1.165, 1.54) is 38.5 Å². The van der Waals surface area contributed by atoms with Crippen molar-refractivity contribution in [1.29, 1.82) is 0 Å². The van der Waals surface area contributed by atoms with E-state index in [2.05, 4.69) is 0 Å². The minimum atomic E-state index is -0.355. The molecular weight excluding hydrogens is 246 g/mol. The lowest BCUT2D eigenvalue weighted by atomic mass is 10.1. The highest BCUT2D eigenvalue weighted by Gasteiger charge is 2.19. The first-order valence-electron chi connectivity index (χ1n) is 6.63. The second-order valence-electron chi connectivity index (χ2n) is 4.89. The van der Waals surface area contributed by atoms with Crippen molar-refractivity contribution in [2.75, 3.05) is 5.75 Å². The van der Waals surface area contributed by atoms with Crippen LogP contribution in [-0.2, 0) is 0 Å². The number of nitrogens with zero attached hydrogens (tertiary/aromatic N) is 1. The molecule has 1 saturated carbocycles. The smallest absolute Gasteiger partial charge is 0.258 e. The summed E-state index contributed by atoms with van der Waals surface area (Å²) in [7, 11) is 0. The Balaban J connectivity index is 1.58. The zero-order valence-electron chi connectivity index (χ0n) is 10.5. The molecule has 0 aromatic heterocycles. The van der Waals surface area contributed by atoms with Gasteiger partial charge < -0.3 is 0 Å². The molecule has 0 saturated heterocycles. The summed E-state index contributed by atoms with van der Waals surface area (Å²) in [4.78, 5) is 11.3. The van der Waals surface area contributed by atoms with E-state index in [4.69, 9.17) is 0 Å². The van der Waals surface area contributed by atoms with Gasteiger partial charge in [-0.3, -0.25) is 10.1 Å². The van der Waals surface area contributed by atoms with E-state index >= 15 is 0 Å². The van der Waals surface area contributed by atoms with Crippen molar-refractivity contribution in [3.8, 4) is 0 Å². The Bertz CT molecular complexity index is 387. The quantitative estimate of drug-likeness (QED) is 0.297. The molecule has 3 nitrogen and oxygen atoms in total. The fourth-order valence-corrected chi connectivity index (χ4v) is 2.89. The highest BCUT2D eigenvalue weighted by atomic mass is 32.2. The van der Waals surface area contributed by atoms with E-state index in [0.717, 1.165) is 16.6 Å². The Hall–Kier alpha value is -1.03. The van der Waals surface area contributed by atoms with Gasteiger partial charge in [-0.05, 0) is 30.2 Å². The predicted molar refractivity (Wildman–Crippen MR) is 75.0 cm³/mol. The minimum absolute atomic E-state index is 0.170. The van der Waals surface area contributed by atoms with Crippen LogP contribution in [0.5, 0.6) is 0 Å². The van der Waals surface area contributed by atoms with Gasteiger partial charge >= 0.3 is 0 Å². The SMILES string of the molecule is O=[N+]([O-])c1ccc(SCCCCCC2CC2)cc1. The maximum atomic E-state index is 10.5. The third-order valence-electron chi connectivity index (χ3n) is 3.27. The lowest BCUT2D eigenvalue weighted by molar-refractivity contribution is -0.384. The first-order chi connectivity index (χ1) is 8.75. The molecule has 0 N–H and O–H groups in total. The van der Waals surface area contributed by atoms with E-state index in [1.807, 2.05) is 12.1 Å². The number of rotatable bonds is 8. The molecule has 1 fully saturated rings. The fourth-order valence-electron chi connectivity index (χ4n) is 1.97. The maximum absolute atomic E-state index is 10.5. The van der Waals surface area contributed by atoms with Crippen LogP contribution >= 0.6 is 11.8 Å². The van der Waals surface area contributed by atoms with E-state index < -0.39 is 0 Å². The lowest BCUT2D eigenvalue weighted by Gasteiger charge is -2.02. The van der Waals surface area contributed by atoms with Gasteiger partial charge in [0.15, 0.2) is 0 Å². The summed E-state index contributed by atoms with van der Waals surface area (Å²) in [5.74, 6) is 2.16. The standard InChI is InChI=1S/C14H19NO2S/c16-15(17)13-7-9-14(10-8-13)18-11-3-1-2-4-12-5-6-12/h7-10,12H,1-6,11H2. The first-order valence-corrected chi connectivity index (χ1v) is 7.61. The van der Waals surface area contributed by atoms with Crippen LogP contribution in [0.4, 0.5) is 5.69 Å². The van der Waals surface area contributed by atoms with Gasteiger partial charge in [0.1, 0.15) is 0 Å². The van der Waals surface area contributed by atoms with Gasteiger partial charge in [0.25, 0.3) is 5.69 Å². The summed E-state index contributed by atoms with van der Waals surface area (Å²) < 4.78 is 0. The Morgan fingerprint density at radius 2 is 1.89 bits per heavy atom. The number of unbranched alkanes of at least 4 members (excludes halogenated alkanes) is 2. The van der Waals surface area contributed by atoms with Gasteiger partial charge in [0.2, 0.25) is 0 Å². The Morgan fingerprint density at radius 1 is 1.17 bits per heavy atom. The largest absolute Gasteiger partial charge is 0.269 e. The number of hydrogen-bond acceptors (Lipinski definition) is 3. The normalized spacial score (nSPS) is 14.7. The number of benzene rings is 1. The molecule has 1 aromatic rings. The van der Waals surface area contributed by atoms with Gasteiger partial charge in [-0.2, -0.15) is 0 Å². The molecule has 1 aliphatic rings. The van der Waals surface area contributed by atoms with Gasteiger partial charge in [-0.1, -0.05) is 32.1 Å². The van der Waals surface area contributed by atoms with Gasteiger partial charge in [-0.15, -0.1) is 11.8 Å². The highest BCUT2D eigenvalue weighted by molar-refractivity contribution is 7.99. The Morgan fingerprint density at radius 3 is 2.50 bits per heavy atom. The van der Waals surface area contributed by atoms with Crippen LogP contribution in [0.25, 0.3) is 0 Å². The third-order valence-corrected chi connectivity index (χ3v) is 4.37. The second-order valence-corrected chi connectivity index (χ2v) is 6.06. The van der Waals surface area contributed by atoms with Crippen LogP contribution in [0.2, 0.25) is 0 Å². The van der Waals surface area contributed by atoms with Gasteiger partial charge in [0, 0.05) is 17.0 Å². The van der Waals surface area contributed by atoms with Crippen LogP contribution in [0.15, 0.2) is 29.2 Å². The molecule has 2 rings (SSSR count). The van der Waals surface area contributed by atoms with Crippen LogP contribution in [0.3, 0.4) is 0 Å². The average molecular weight is 265 g/mol. The number of nitro benzene ring substituents is 1. The summed E-state index contributed by atoms with van der Waals surface area (Å²) in [6.45, 7) is 0. The number of thioether (sulfide) groups is 1. The van der Waals surface area contributed by atoms with E-state index in [0.29, 0.717) is 0 Å². The average Bonchev–Trinajstić information content (AvgIpc) is 3.18. The first kappa shape index (κ1) is 13.4. The molecule has 1 aromatic carbocycles. The van der Waals surface area contributed by atoms with E-state index in [-0.39, 0.29) is 10.6 Å². The molecular formula is C14H19NO2S. The molecule has 0 atom stereocenters. The van der Waals surface area contributed by atoms with Crippen molar-refractivity contribution in [2.45, 2.75) is 43.4 Å². The molecule has 0 spiro atoms. The van der Waals surface area contributed by atoms with Crippen LogP contribution in [0, 0.1) is 16.0 Å². The van der Waals surface area contributed by atoms with Crippen molar-refractivity contribution < 1.29 is 4.92 Å². The molecule has 0 unspecified atom stereocenters. The van der Waals surface area contributed by atoms with Crippen molar-refractivity contribution in [2.24, 2.45) is 5.92 Å². The second kappa shape index (κ2) is 6.78. The molecule has 0 amide bonds. The zero-order chi connectivity index (χ0) is 12.8. The molecule has 0 bridgehead atoms. The number of non-ortho nitro benzene ring substituents is 1. The fraction of sp³-hybridized carbons (Fsp3) is 0.571. The van der Waals surface area contributed by atoms with Crippen LogP contribution in [0.1, 0.15) is 38.5 Å². The molecule has 0 heterocycles. The Kier molecular flexibility index (Phi) is 5.05. The zero-order valence-corrected chi connectivity index (χ0v) is 11.3. The van der Waals surface area contributed by atoms with Crippen molar-refractivity contribution in [3.05, 3.63) is 34.4 Å². The third kappa shape index (κ3) is 4.69.